The van der Waals surface area contributed by atoms with Crippen LogP contribution >= 0.6 is 0 Å². The van der Waals surface area contributed by atoms with Gasteiger partial charge in [-0.2, -0.15) is 5.10 Å². The number of aromatic nitrogens is 2. The monoisotopic (exact) mass is 207 g/mol. The second kappa shape index (κ2) is 5.71. The summed E-state index contributed by atoms with van der Waals surface area (Å²) in [4.78, 5) is 0. The third kappa shape index (κ3) is 3.51. The largest absolute Gasteiger partial charge is 0.310 e. The molecule has 0 atom stereocenters. The van der Waals surface area contributed by atoms with Crippen molar-refractivity contribution in [1.29, 1.82) is 0 Å². The smallest absolute Gasteiger partial charge is 0.0537 e. The van der Waals surface area contributed by atoms with Crippen molar-refractivity contribution >= 4 is 0 Å². The zero-order valence-corrected chi connectivity index (χ0v) is 9.95. The molecule has 0 saturated heterocycles. The minimum absolute atomic E-state index is 0.515. The van der Waals surface area contributed by atoms with E-state index in [1.54, 1.807) is 0 Å². The highest BCUT2D eigenvalue weighted by atomic mass is 15.3. The first-order valence-corrected chi connectivity index (χ1v) is 5.50. The molecule has 0 unspecified atom stereocenters. The van der Waals surface area contributed by atoms with Crippen LogP contribution < -0.4 is 5.32 Å². The van der Waals surface area contributed by atoms with Crippen molar-refractivity contribution in [3.63, 3.8) is 0 Å². The predicted molar refractivity (Wildman–Crippen MR) is 63.8 cm³/mol. The minimum Gasteiger partial charge on any atom is -0.310 e. The van der Waals surface area contributed by atoms with Crippen LogP contribution in [0.4, 0.5) is 0 Å². The van der Waals surface area contributed by atoms with Gasteiger partial charge in [0, 0.05) is 30.4 Å². The minimum atomic E-state index is 0.515. The zero-order valence-electron chi connectivity index (χ0n) is 9.95. The van der Waals surface area contributed by atoms with E-state index in [9.17, 15) is 0 Å². The Kier molecular flexibility index (Phi) is 4.56. The molecular weight excluding hydrogens is 186 g/mol. The van der Waals surface area contributed by atoms with Gasteiger partial charge < -0.3 is 5.32 Å². The molecule has 0 aliphatic carbocycles. The second-order valence-corrected chi connectivity index (χ2v) is 4.09. The lowest BCUT2D eigenvalue weighted by Crippen LogP contribution is -2.22. The third-order valence-corrected chi connectivity index (χ3v) is 2.45. The summed E-state index contributed by atoms with van der Waals surface area (Å²) < 4.78 is 2.04. The van der Waals surface area contributed by atoms with Gasteiger partial charge in [0.25, 0.3) is 0 Å². The van der Waals surface area contributed by atoms with Crippen molar-refractivity contribution in [3.8, 4) is 0 Å². The van der Waals surface area contributed by atoms with Gasteiger partial charge in [-0.05, 0) is 13.3 Å². The number of nitrogens with zero attached hydrogens (tertiary/aromatic N) is 2. The first-order valence-electron chi connectivity index (χ1n) is 5.50. The van der Waals surface area contributed by atoms with Crippen LogP contribution in [0.25, 0.3) is 0 Å². The number of hydrogen-bond acceptors (Lipinski definition) is 2. The molecule has 1 N–H and O–H groups in total. The van der Waals surface area contributed by atoms with Crippen LogP contribution in [-0.2, 0) is 13.1 Å². The van der Waals surface area contributed by atoms with Gasteiger partial charge in [0.05, 0.1) is 6.20 Å². The number of rotatable bonds is 6. The van der Waals surface area contributed by atoms with Crippen molar-refractivity contribution < 1.29 is 0 Å². The van der Waals surface area contributed by atoms with Crippen molar-refractivity contribution in [2.45, 2.75) is 46.3 Å². The van der Waals surface area contributed by atoms with Gasteiger partial charge in [-0.25, -0.2) is 0 Å². The Morgan fingerprint density at radius 3 is 2.93 bits per heavy atom. The summed E-state index contributed by atoms with van der Waals surface area (Å²) in [5, 5.41) is 7.76. The van der Waals surface area contributed by atoms with E-state index < -0.39 is 0 Å². The van der Waals surface area contributed by atoms with E-state index in [1.807, 2.05) is 17.0 Å². The lowest BCUT2D eigenvalue weighted by molar-refractivity contribution is 0.580. The van der Waals surface area contributed by atoms with Crippen LogP contribution in [-0.4, -0.2) is 15.8 Å². The standard InChI is InChI=1S/C12H21N3/c1-5-6-7-15-11(4)12(9-14-15)8-13-10(2)3/h5,9-10,13H,1,6-8H2,2-4H3. The summed E-state index contributed by atoms with van der Waals surface area (Å²) in [5.74, 6) is 0. The molecule has 0 bridgehead atoms. The molecule has 0 aliphatic heterocycles. The lowest BCUT2D eigenvalue weighted by Gasteiger charge is -2.08. The molecule has 0 fully saturated rings. The van der Waals surface area contributed by atoms with Crippen LogP contribution in [0.2, 0.25) is 0 Å². The van der Waals surface area contributed by atoms with Gasteiger partial charge >= 0.3 is 0 Å². The highest BCUT2D eigenvalue weighted by Gasteiger charge is 2.05. The summed E-state index contributed by atoms with van der Waals surface area (Å²) in [7, 11) is 0. The molecule has 1 heterocycles. The highest BCUT2D eigenvalue weighted by molar-refractivity contribution is 5.15. The summed E-state index contributed by atoms with van der Waals surface area (Å²) in [6.07, 6.45) is 4.85. The fourth-order valence-corrected chi connectivity index (χ4v) is 1.41. The fraction of sp³-hybridized carbons (Fsp3) is 0.583. The maximum absolute atomic E-state index is 4.36. The van der Waals surface area contributed by atoms with Gasteiger partial charge in [0.15, 0.2) is 0 Å². The van der Waals surface area contributed by atoms with Crippen LogP contribution in [0.5, 0.6) is 0 Å². The molecule has 0 radical (unpaired) electrons. The lowest BCUT2D eigenvalue weighted by atomic mass is 10.2. The Labute approximate surface area is 92.2 Å². The quantitative estimate of drug-likeness (QED) is 0.725. The number of hydrogen-bond donors (Lipinski definition) is 1. The van der Waals surface area contributed by atoms with Gasteiger partial charge in [0.1, 0.15) is 0 Å². The number of allylic oxidation sites excluding steroid dienone is 1. The molecule has 0 spiro atoms. The Balaban J connectivity index is 2.58. The summed E-state index contributed by atoms with van der Waals surface area (Å²) in [6.45, 7) is 12.0. The van der Waals surface area contributed by atoms with E-state index in [0.29, 0.717) is 6.04 Å². The molecule has 0 aromatic carbocycles. The topological polar surface area (TPSA) is 29.9 Å². The molecule has 3 heteroatoms. The van der Waals surface area contributed by atoms with E-state index in [2.05, 4.69) is 37.8 Å². The Morgan fingerprint density at radius 1 is 1.60 bits per heavy atom. The van der Waals surface area contributed by atoms with E-state index in [0.717, 1.165) is 19.5 Å². The highest BCUT2D eigenvalue weighted by Crippen LogP contribution is 2.07. The molecule has 1 aromatic rings. The molecule has 3 nitrogen and oxygen atoms in total. The summed E-state index contributed by atoms with van der Waals surface area (Å²) in [6, 6.07) is 0.515. The molecule has 0 aliphatic rings. The first kappa shape index (κ1) is 12.0. The SMILES string of the molecule is C=CCCn1ncc(CNC(C)C)c1C. The fourth-order valence-electron chi connectivity index (χ4n) is 1.41. The van der Waals surface area contributed by atoms with Crippen molar-refractivity contribution in [2.24, 2.45) is 0 Å². The molecular formula is C12H21N3. The van der Waals surface area contributed by atoms with E-state index in [4.69, 9.17) is 0 Å². The maximum Gasteiger partial charge on any atom is 0.0537 e. The molecule has 1 aromatic heterocycles. The molecule has 1 rings (SSSR count). The Hall–Kier alpha value is -1.09. The van der Waals surface area contributed by atoms with E-state index in [-0.39, 0.29) is 0 Å². The van der Waals surface area contributed by atoms with Crippen LogP contribution in [0, 0.1) is 6.92 Å². The van der Waals surface area contributed by atoms with E-state index in [1.165, 1.54) is 11.3 Å². The average molecular weight is 207 g/mol. The molecule has 0 saturated carbocycles. The van der Waals surface area contributed by atoms with Crippen molar-refractivity contribution in [3.05, 3.63) is 30.1 Å². The predicted octanol–water partition coefficient (Wildman–Crippen LogP) is 2.27. The van der Waals surface area contributed by atoms with Crippen LogP contribution in [0.1, 0.15) is 31.5 Å². The number of aryl methyl sites for hydroxylation is 1. The third-order valence-electron chi connectivity index (χ3n) is 2.45. The van der Waals surface area contributed by atoms with E-state index >= 15 is 0 Å². The van der Waals surface area contributed by atoms with Crippen molar-refractivity contribution in [2.75, 3.05) is 0 Å². The molecule has 0 amide bonds. The molecule has 15 heavy (non-hydrogen) atoms. The normalized spacial score (nSPS) is 10.9. The van der Waals surface area contributed by atoms with Crippen molar-refractivity contribution in [1.82, 2.24) is 15.1 Å². The Morgan fingerprint density at radius 2 is 2.33 bits per heavy atom. The van der Waals surface area contributed by atoms with Crippen LogP contribution in [0.15, 0.2) is 18.9 Å². The van der Waals surface area contributed by atoms with Gasteiger partial charge in [-0.15, -0.1) is 6.58 Å². The Bertz CT molecular complexity index is 313. The average Bonchev–Trinajstić information content (AvgIpc) is 2.54. The number of nitrogens with one attached hydrogen (secondary N) is 1. The summed E-state index contributed by atoms with van der Waals surface area (Å²) in [5.41, 5.74) is 2.54. The van der Waals surface area contributed by atoms with Crippen LogP contribution in [0.3, 0.4) is 0 Å². The maximum atomic E-state index is 4.36. The van der Waals surface area contributed by atoms with Gasteiger partial charge in [0.2, 0.25) is 0 Å². The summed E-state index contributed by atoms with van der Waals surface area (Å²) >= 11 is 0. The van der Waals surface area contributed by atoms with Gasteiger partial charge in [-0.1, -0.05) is 19.9 Å². The van der Waals surface area contributed by atoms with Gasteiger partial charge in [-0.3, -0.25) is 4.68 Å². The first-order chi connectivity index (χ1) is 7.15. The zero-order chi connectivity index (χ0) is 11.3. The molecule has 84 valence electrons. The second-order valence-electron chi connectivity index (χ2n) is 4.09.